The van der Waals surface area contributed by atoms with Crippen molar-refractivity contribution in [3.05, 3.63) is 29.6 Å². The number of anilines is 1. The molecule has 2 N–H and O–H groups in total. The summed E-state index contributed by atoms with van der Waals surface area (Å²) in [5.74, 6) is -0.977. The van der Waals surface area contributed by atoms with Crippen LogP contribution < -0.4 is 10.6 Å². The molecule has 0 aliphatic rings. The average molecular weight is 302 g/mol. The van der Waals surface area contributed by atoms with Crippen molar-refractivity contribution in [2.75, 3.05) is 24.7 Å². The van der Waals surface area contributed by atoms with Gasteiger partial charge in [0.2, 0.25) is 5.91 Å². The maximum Gasteiger partial charge on any atom is 0.239 e. The van der Waals surface area contributed by atoms with E-state index < -0.39 is 15.7 Å². The average Bonchev–Trinajstić information content (AvgIpc) is 2.33. The molecule has 0 spiro atoms. The largest absolute Gasteiger partial charge is 0.376 e. The highest BCUT2D eigenvalue weighted by atomic mass is 32.2. The van der Waals surface area contributed by atoms with E-state index in [0.29, 0.717) is 17.8 Å². The van der Waals surface area contributed by atoms with Gasteiger partial charge in [-0.3, -0.25) is 4.79 Å². The van der Waals surface area contributed by atoms with Crippen LogP contribution in [0.3, 0.4) is 0 Å². The molecule has 0 aliphatic heterocycles. The first-order chi connectivity index (χ1) is 9.31. The summed E-state index contributed by atoms with van der Waals surface area (Å²) in [6.07, 6.45) is 1.91. The fourth-order valence-corrected chi connectivity index (χ4v) is 2.44. The van der Waals surface area contributed by atoms with E-state index >= 15 is 0 Å². The van der Waals surface area contributed by atoms with E-state index in [9.17, 15) is 17.6 Å². The Labute approximate surface area is 118 Å². The summed E-state index contributed by atoms with van der Waals surface area (Å²) in [5, 5.41) is 5.52. The molecule has 0 bridgehead atoms. The Morgan fingerprint density at radius 1 is 1.35 bits per heavy atom. The number of nitrogens with one attached hydrogen (secondary N) is 2. The van der Waals surface area contributed by atoms with Crippen molar-refractivity contribution < 1.29 is 17.6 Å². The number of carbonyl (C=O) groups excluding carboxylic acids is 1. The summed E-state index contributed by atoms with van der Waals surface area (Å²) >= 11 is 0. The minimum absolute atomic E-state index is 0.0163. The molecular weight excluding hydrogens is 283 g/mol. The first-order valence-electron chi connectivity index (χ1n) is 6.28. The Morgan fingerprint density at radius 2 is 2.05 bits per heavy atom. The molecule has 0 saturated carbocycles. The molecule has 20 heavy (non-hydrogen) atoms. The van der Waals surface area contributed by atoms with Crippen molar-refractivity contribution in [3.8, 4) is 0 Å². The first kappa shape index (κ1) is 16.4. The standard InChI is InChI=1S/C13H19FN2O3S/c1-3-6-15-13(17)8-16-12-5-4-11(14)7-10(12)9-20(2,18)19/h4-5,7,16H,3,6,8-9H2,1-2H3,(H,15,17). The number of amides is 1. The number of hydrogen-bond acceptors (Lipinski definition) is 4. The smallest absolute Gasteiger partial charge is 0.239 e. The van der Waals surface area contributed by atoms with Crippen LogP contribution in [0.25, 0.3) is 0 Å². The Hall–Kier alpha value is -1.63. The summed E-state index contributed by atoms with van der Waals surface area (Å²) in [6, 6.07) is 3.81. The topological polar surface area (TPSA) is 75.3 Å². The van der Waals surface area contributed by atoms with Gasteiger partial charge in [-0.2, -0.15) is 0 Å². The maximum absolute atomic E-state index is 13.2. The number of benzene rings is 1. The van der Waals surface area contributed by atoms with Crippen LogP contribution in [-0.2, 0) is 20.4 Å². The zero-order valence-corrected chi connectivity index (χ0v) is 12.4. The number of hydrogen-bond donors (Lipinski definition) is 2. The predicted molar refractivity (Wildman–Crippen MR) is 76.7 cm³/mol. The second-order valence-corrected chi connectivity index (χ2v) is 6.72. The van der Waals surface area contributed by atoms with Crippen molar-refractivity contribution in [1.29, 1.82) is 0 Å². The fraction of sp³-hybridized carbons (Fsp3) is 0.462. The lowest BCUT2D eigenvalue weighted by atomic mass is 10.2. The molecule has 0 aliphatic carbocycles. The van der Waals surface area contributed by atoms with Crippen molar-refractivity contribution in [2.24, 2.45) is 0 Å². The first-order valence-corrected chi connectivity index (χ1v) is 8.34. The van der Waals surface area contributed by atoms with Crippen molar-refractivity contribution >= 4 is 21.4 Å². The molecule has 0 atom stereocenters. The molecule has 7 heteroatoms. The van der Waals surface area contributed by atoms with Gasteiger partial charge in [-0.05, 0) is 30.2 Å². The van der Waals surface area contributed by atoms with E-state index in [0.717, 1.165) is 18.7 Å². The van der Waals surface area contributed by atoms with Gasteiger partial charge in [0, 0.05) is 18.5 Å². The number of carbonyl (C=O) groups is 1. The van der Waals surface area contributed by atoms with E-state index in [1.807, 2.05) is 6.92 Å². The van der Waals surface area contributed by atoms with Gasteiger partial charge in [0.15, 0.2) is 9.84 Å². The van der Waals surface area contributed by atoms with Crippen molar-refractivity contribution in [3.63, 3.8) is 0 Å². The monoisotopic (exact) mass is 302 g/mol. The molecule has 5 nitrogen and oxygen atoms in total. The van der Waals surface area contributed by atoms with Crippen LogP contribution >= 0.6 is 0 Å². The molecule has 1 aromatic carbocycles. The van der Waals surface area contributed by atoms with Crippen LogP contribution in [0.2, 0.25) is 0 Å². The molecule has 1 aromatic rings. The molecule has 0 fully saturated rings. The zero-order valence-electron chi connectivity index (χ0n) is 11.6. The van der Waals surface area contributed by atoms with E-state index in [1.54, 1.807) is 0 Å². The van der Waals surface area contributed by atoms with Crippen LogP contribution in [0, 0.1) is 5.82 Å². The van der Waals surface area contributed by atoms with Gasteiger partial charge in [-0.15, -0.1) is 0 Å². The predicted octanol–water partition coefficient (Wildman–Crippen LogP) is 1.31. The maximum atomic E-state index is 13.2. The number of rotatable bonds is 7. The van der Waals surface area contributed by atoms with Gasteiger partial charge in [0.1, 0.15) is 5.82 Å². The van der Waals surface area contributed by atoms with Gasteiger partial charge in [-0.25, -0.2) is 12.8 Å². The van der Waals surface area contributed by atoms with Crippen molar-refractivity contribution in [2.45, 2.75) is 19.1 Å². The lowest BCUT2D eigenvalue weighted by Gasteiger charge is -2.11. The SMILES string of the molecule is CCCNC(=O)CNc1ccc(F)cc1CS(C)(=O)=O. The molecular formula is C13H19FN2O3S. The van der Waals surface area contributed by atoms with E-state index in [-0.39, 0.29) is 18.2 Å². The second kappa shape index (κ2) is 7.23. The summed E-state index contributed by atoms with van der Waals surface area (Å²) in [6.45, 7) is 2.54. The molecule has 0 heterocycles. The Kier molecular flexibility index (Phi) is 5.94. The van der Waals surface area contributed by atoms with Gasteiger partial charge < -0.3 is 10.6 Å². The molecule has 0 radical (unpaired) electrons. The highest BCUT2D eigenvalue weighted by Crippen LogP contribution is 2.19. The molecule has 1 amide bonds. The summed E-state index contributed by atoms with van der Waals surface area (Å²) < 4.78 is 35.8. The summed E-state index contributed by atoms with van der Waals surface area (Å²) in [5.41, 5.74) is 0.763. The highest BCUT2D eigenvalue weighted by molar-refractivity contribution is 7.89. The lowest BCUT2D eigenvalue weighted by molar-refractivity contribution is -0.119. The van der Waals surface area contributed by atoms with Gasteiger partial charge >= 0.3 is 0 Å². The fourth-order valence-electron chi connectivity index (χ4n) is 1.64. The minimum Gasteiger partial charge on any atom is -0.376 e. The van der Waals surface area contributed by atoms with Gasteiger partial charge in [-0.1, -0.05) is 6.92 Å². The van der Waals surface area contributed by atoms with Crippen LogP contribution in [0.1, 0.15) is 18.9 Å². The lowest BCUT2D eigenvalue weighted by Crippen LogP contribution is -2.30. The van der Waals surface area contributed by atoms with E-state index in [2.05, 4.69) is 10.6 Å². The van der Waals surface area contributed by atoms with E-state index in [1.165, 1.54) is 12.1 Å². The number of halogens is 1. The molecule has 0 unspecified atom stereocenters. The van der Waals surface area contributed by atoms with E-state index in [4.69, 9.17) is 0 Å². The highest BCUT2D eigenvalue weighted by Gasteiger charge is 2.11. The van der Waals surface area contributed by atoms with Gasteiger partial charge in [0.05, 0.1) is 12.3 Å². The van der Waals surface area contributed by atoms with Gasteiger partial charge in [0.25, 0.3) is 0 Å². The van der Waals surface area contributed by atoms with Crippen LogP contribution in [0.15, 0.2) is 18.2 Å². The molecule has 112 valence electrons. The van der Waals surface area contributed by atoms with Crippen LogP contribution in [0.5, 0.6) is 0 Å². The third kappa shape index (κ3) is 6.01. The van der Waals surface area contributed by atoms with Crippen LogP contribution in [-0.4, -0.2) is 33.7 Å². The second-order valence-electron chi connectivity index (χ2n) is 4.58. The van der Waals surface area contributed by atoms with Crippen molar-refractivity contribution in [1.82, 2.24) is 5.32 Å². The molecule has 0 saturated heterocycles. The quantitative estimate of drug-likeness (QED) is 0.796. The summed E-state index contributed by atoms with van der Waals surface area (Å²) in [4.78, 5) is 11.5. The molecule has 0 aromatic heterocycles. The third-order valence-corrected chi connectivity index (χ3v) is 3.33. The zero-order chi connectivity index (χ0) is 15.2. The Balaban J connectivity index is 2.76. The Bertz CT molecular complexity index is 573. The normalized spacial score (nSPS) is 11.2. The number of sulfone groups is 1. The summed E-state index contributed by atoms with van der Waals surface area (Å²) in [7, 11) is -3.28. The molecule has 1 rings (SSSR count). The van der Waals surface area contributed by atoms with Crippen LogP contribution in [0.4, 0.5) is 10.1 Å². The Morgan fingerprint density at radius 3 is 2.65 bits per heavy atom. The third-order valence-electron chi connectivity index (χ3n) is 2.50. The minimum atomic E-state index is -3.28.